The molecule has 0 aliphatic heterocycles. The maximum absolute atomic E-state index is 12.6. The van der Waals surface area contributed by atoms with Crippen molar-refractivity contribution in [3.8, 4) is 0 Å². The summed E-state index contributed by atoms with van der Waals surface area (Å²) in [5.41, 5.74) is 2.33. The monoisotopic (exact) mass is 430 g/mol. The molecule has 1 aliphatic rings. The van der Waals surface area contributed by atoms with Crippen molar-refractivity contribution in [3.63, 3.8) is 0 Å². The number of rotatable bonds is 7. The third-order valence-corrected chi connectivity index (χ3v) is 6.19. The van der Waals surface area contributed by atoms with Crippen molar-refractivity contribution in [1.82, 2.24) is 0 Å². The molecular formula is C22H26N2O5S. The molecule has 0 fully saturated rings. The van der Waals surface area contributed by atoms with Crippen molar-refractivity contribution in [1.29, 1.82) is 0 Å². The predicted octanol–water partition coefficient (Wildman–Crippen LogP) is 3.89. The fourth-order valence-corrected chi connectivity index (χ4v) is 4.94. The summed E-state index contributed by atoms with van der Waals surface area (Å²) >= 11 is 1.45. The maximum atomic E-state index is 12.6. The van der Waals surface area contributed by atoms with Gasteiger partial charge in [-0.15, -0.1) is 11.3 Å². The summed E-state index contributed by atoms with van der Waals surface area (Å²) in [4.78, 5) is 38.2. The second kappa shape index (κ2) is 9.75. The summed E-state index contributed by atoms with van der Waals surface area (Å²) in [6.07, 6.45) is 2.71. The second-order valence-corrected chi connectivity index (χ2v) is 8.32. The molecule has 1 aromatic carbocycles. The van der Waals surface area contributed by atoms with Crippen LogP contribution >= 0.6 is 11.3 Å². The summed E-state index contributed by atoms with van der Waals surface area (Å²) in [5.74, 6) is -0.648. The number of anilines is 2. The van der Waals surface area contributed by atoms with E-state index >= 15 is 0 Å². The Bertz CT molecular complexity index is 953. The number of nitrogens with one attached hydrogen (secondary N) is 2. The molecule has 8 heteroatoms. The zero-order chi connectivity index (χ0) is 21.7. The molecule has 1 aliphatic carbocycles. The van der Waals surface area contributed by atoms with Crippen molar-refractivity contribution >= 4 is 39.9 Å². The Morgan fingerprint density at radius 3 is 2.70 bits per heavy atom. The van der Waals surface area contributed by atoms with Crippen molar-refractivity contribution in [2.75, 3.05) is 30.9 Å². The van der Waals surface area contributed by atoms with E-state index in [-0.39, 0.29) is 19.1 Å². The Kier molecular flexibility index (Phi) is 7.10. The number of benzene rings is 1. The molecule has 1 unspecified atom stereocenters. The van der Waals surface area contributed by atoms with Crippen LogP contribution < -0.4 is 10.6 Å². The number of hydrogen-bond donors (Lipinski definition) is 2. The van der Waals surface area contributed by atoms with Crippen LogP contribution in [0.15, 0.2) is 24.3 Å². The van der Waals surface area contributed by atoms with Gasteiger partial charge in [-0.2, -0.15) is 0 Å². The zero-order valence-electron chi connectivity index (χ0n) is 17.4. The number of ether oxygens (including phenoxy) is 2. The molecule has 1 heterocycles. The second-order valence-electron chi connectivity index (χ2n) is 7.22. The highest BCUT2D eigenvalue weighted by molar-refractivity contribution is 7.17. The summed E-state index contributed by atoms with van der Waals surface area (Å²) < 4.78 is 10.0. The van der Waals surface area contributed by atoms with Gasteiger partial charge in [0.05, 0.1) is 31.4 Å². The molecule has 2 N–H and O–H groups in total. The molecule has 0 saturated carbocycles. The van der Waals surface area contributed by atoms with E-state index in [0.717, 1.165) is 29.7 Å². The lowest BCUT2D eigenvalue weighted by Gasteiger charge is -2.18. The zero-order valence-corrected chi connectivity index (χ0v) is 18.2. The average Bonchev–Trinajstić information content (AvgIpc) is 3.08. The van der Waals surface area contributed by atoms with Crippen molar-refractivity contribution in [2.24, 2.45) is 5.92 Å². The van der Waals surface area contributed by atoms with Crippen LogP contribution in [0.3, 0.4) is 0 Å². The number of methoxy groups -OCH3 is 1. The van der Waals surface area contributed by atoms with E-state index in [1.54, 1.807) is 31.2 Å². The van der Waals surface area contributed by atoms with Gasteiger partial charge in [0.25, 0.3) is 0 Å². The number of amides is 1. The largest absolute Gasteiger partial charge is 0.465 e. The van der Waals surface area contributed by atoms with Gasteiger partial charge in [0, 0.05) is 10.6 Å². The Labute approximate surface area is 179 Å². The standard InChI is InChI=1S/C22H26N2O5S/c1-4-29-22(27)19-15-10-9-13(2)11-17(15)30-20(19)24-18(25)12-23-16-8-6-5-7-14(16)21(26)28-3/h5-8,13,23H,4,9-12H2,1-3H3,(H,24,25). The number of hydrogen-bond acceptors (Lipinski definition) is 7. The third kappa shape index (κ3) is 4.81. The molecule has 7 nitrogen and oxygen atoms in total. The highest BCUT2D eigenvalue weighted by atomic mass is 32.1. The fourth-order valence-electron chi connectivity index (χ4n) is 3.53. The Morgan fingerprint density at radius 1 is 1.20 bits per heavy atom. The van der Waals surface area contributed by atoms with E-state index < -0.39 is 11.9 Å². The molecule has 2 aromatic rings. The van der Waals surface area contributed by atoms with Gasteiger partial charge in [0.2, 0.25) is 5.91 Å². The average molecular weight is 431 g/mol. The van der Waals surface area contributed by atoms with E-state index in [2.05, 4.69) is 17.6 Å². The van der Waals surface area contributed by atoms with Gasteiger partial charge < -0.3 is 20.1 Å². The maximum Gasteiger partial charge on any atom is 0.341 e. The van der Waals surface area contributed by atoms with Crippen LogP contribution in [0.25, 0.3) is 0 Å². The first-order valence-corrected chi connectivity index (χ1v) is 10.8. The first kappa shape index (κ1) is 21.8. The van der Waals surface area contributed by atoms with Crippen LogP contribution in [0.1, 0.15) is 51.4 Å². The number of para-hydroxylation sites is 1. The molecule has 30 heavy (non-hydrogen) atoms. The number of carbonyl (C=O) groups is 3. The quantitative estimate of drug-likeness (QED) is 0.648. The van der Waals surface area contributed by atoms with Gasteiger partial charge in [-0.3, -0.25) is 4.79 Å². The molecule has 0 saturated heterocycles. The predicted molar refractivity (Wildman–Crippen MR) is 116 cm³/mol. The van der Waals surface area contributed by atoms with Crippen LogP contribution in [-0.4, -0.2) is 38.1 Å². The van der Waals surface area contributed by atoms with Crippen LogP contribution in [0.4, 0.5) is 10.7 Å². The molecule has 3 rings (SSSR count). The molecule has 1 amide bonds. The normalized spacial score (nSPS) is 15.1. The van der Waals surface area contributed by atoms with Crippen molar-refractivity contribution < 1.29 is 23.9 Å². The topological polar surface area (TPSA) is 93.7 Å². The van der Waals surface area contributed by atoms with Crippen LogP contribution in [0.2, 0.25) is 0 Å². The Hall–Kier alpha value is -2.87. The lowest BCUT2D eigenvalue weighted by Crippen LogP contribution is -2.23. The molecule has 0 radical (unpaired) electrons. The highest BCUT2D eigenvalue weighted by Gasteiger charge is 2.29. The summed E-state index contributed by atoms with van der Waals surface area (Å²) in [6.45, 7) is 4.17. The Balaban J connectivity index is 1.76. The van der Waals surface area contributed by atoms with Gasteiger partial charge in [-0.1, -0.05) is 19.1 Å². The molecule has 1 atom stereocenters. The van der Waals surface area contributed by atoms with Crippen molar-refractivity contribution in [3.05, 3.63) is 45.8 Å². The molecule has 0 bridgehead atoms. The van der Waals surface area contributed by atoms with Crippen LogP contribution in [-0.2, 0) is 27.1 Å². The molecule has 160 valence electrons. The van der Waals surface area contributed by atoms with E-state index in [1.165, 1.54) is 18.4 Å². The summed E-state index contributed by atoms with van der Waals surface area (Å²) in [7, 11) is 1.31. The third-order valence-electron chi connectivity index (χ3n) is 5.02. The lowest BCUT2D eigenvalue weighted by molar-refractivity contribution is -0.114. The molecular weight excluding hydrogens is 404 g/mol. The van der Waals surface area contributed by atoms with E-state index in [9.17, 15) is 14.4 Å². The van der Waals surface area contributed by atoms with Crippen molar-refractivity contribution in [2.45, 2.75) is 33.1 Å². The number of carbonyl (C=O) groups excluding carboxylic acids is 3. The molecule has 1 aromatic heterocycles. The first-order valence-electron chi connectivity index (χ1n) is 9.97. The molecule has 0 spiro atoms. The van der Waals surface area contributed by atoms with E-state index in [1.807, 2.05) is 0 Å². The van der Waals surface area contributed by atoms with Crippen LogP contribution in [0, 0.1) is 5.92 Å². The number of thiophene rings is 1. The minimum atomic E-state index is -0.483. The minimum absolute atomic E-state index is 0.0603. The van der Waals surface area contributed by atoms with Crippen LogP contribution in [0.5, 0.6) is 0 Å². The summed E-state index contributed by atoms with van der Waals surface area (Å²) in [5, 5.41) is 6.35. The first-order chi connectivity index (χ1) is 14.4. The van der Waals surface area contributed by atoms with Gasteiger partial charge in [-0.25, -0.2) is 9.59 Å². The summed E-state index contributed by atoms with van der Waals surface area (Å²) in [6, 6.07) is 6.81. The van der Waals surface area contributed by atoms with Gasteiger partial charge in [-0.05, 0) is 49.8 Å². The van der Waals surface area contributed by atoms with Gasteiger partial charge >= 0.3 is 11.9 Å². The lowest BCUT2D eigenvalue weighted by atomic mass is 9.88. The smallest absolute Gasteiger partial charge is 0.341 e. The van der Waals surface area contributed by atoms with Gasteiger partial charge in [0.1, 0.15) is 5.00 Å². The highest BCUT2D eigenvalue weighted by Crippen LogP contribution is 2.40. The Morgan fingerprint density at radius 2 is 1.97 bits per heavy atom. The number of fused-ring (bicyclic) bond motifs is 1. The SMILES string of the molecule is CCOC(=O)c1c(NC(=O)CNc2ccccc2C(=O)OC)sc2c1CCC(C)C2. The van der Waals surface area contributed by atoms with Gasteiger partial charge in [0.15, 0.2) is 0 Å². The minimum Gasteiger partial charge on any atom is -0.465 e. The van der Waals surface area contributed by atoms with E-state index in [0.29, 0.717) is 27.7 Å². The number of esters is 2. The fraction of sp³-hybridized carbons (Fsp3) is 0.409. The van der Waals surface area contributed by atoms with E-state index in [4.69, 9.17) is 9.47 Å².